The molecule has 2 heterocycles. The Morgan fingerprint density at radius 3 is 3.13 bits per heavy atom. The van der Waals surface area contributed by atoms with E-state index >= 15 is 0 Å². The van der Waals surface area contributed by atoms with Gasteiger partial charge in [0, 0.05) is 23.0 Å². The van der Waals surface area contributed by atoms with Crippen molar-refractivity contribution in [2.24, 2.45) is 0 Å². The molecule has 0 saturated carbocycles. The van der Waals surface area contributed by atoms with Gasteiger partial charge in [0.2, 0.25) is 0 Å². The van der Waals surface area contributed by atoms with Gasteiger partial charge in [0.25, 0.3) is 0 Å². The Morgan fingerprint density at radius 2 is 2.47 bits per heavy atom. The molecule has 2 rings (SSSR count). The molecular formula is C12H20N2S. The average Bonchev–Trinajstić information content (AvgIpc) is 2.65. The second-order valence-electron chi connectivity index (χ2n) is 4.96. The van der Waals surface area contributed by atoms with Crippen molar-refractivity contribution in [1.29, 1.82) is 0 Å². The van der Waals surface area contributed by atoms with Crippen LogP contribution in [0.5, 0.6) is 0 Å². The Kier molecular flexibility index (Phi) is 3.44. The standard InChI is InChI=1S/C12H20N2S/c1-12(2)8-10(5-6-14-12)13-9-11-4-3-7-15-11/h3-4,7,10,13-14H,5-6,8-9H2,1-2H3. The van der Waals surface area contributed by atoms with Gasteiger partial charge in [0.1, 0.15) is 0 Å². The van der Waals surface area contributed by atoms with E-state index in [2.05, 4.69) is 42.0 Å². The van der Waals surface area contributed by atoms with Crippen LogP contribution in [0.1, 0.15) is 31.6 Å². The van der Waals surface area contributed by atoms with Gasteiger partial charge in [-0.15, -0.1) is 11.3 Å². The fourth-order valence-electron chi connectivity index (χ4n) is 2.21. The van der Waals surface area contributed by atoms with Gasteiger partial charge in [-0.1, -0.05) is 6.07 Å². The van der Waals surface area contributed by atoms with Crippen molar-refractivity contribution < 1.29 is 0 Å². The molecule has 1 aliphatic heterocycles. The lowest BCUT2D eigenvalue weighted by molar-refractivity contribution is 0.248. The highest BCUT2D eigenvalue weighted by Gasteiger charge is 2.26. The molecule has 0 aliphatic carbocycles. The van der Waals surface area contributed by atoms with Crippen molar-refractivity contribution in [3.05, 3.63) is 22.4 Å². The Hall–Kier alpha value is -0.380. The first-order chi connectivity index (χ1) is 7.16. The van der Waals surface area contributed by atoms with Crippen molar-refractivity contribution in [3.8, 4) is 0 Å². The number of piperidine rings is 1. The van der Waals surface area contributed by atoms with Crippen molar-refractivity contribution in [1.82, 2.24) is 10.6 Å². The first-order valence-corrected chi connectivity index (χ1v) is 6.54. The molecule has 0 amide bonds. The highest BCUT2D eigenvalue weighted by atomic mass is 32.1. The molecular weight excluding hydrogens is 204 g/mol. The summed E-state index contributed by atoms with van der Waals surface area (Å²) in [5.41, 5.74) is 0.297. The maximum Gasteiger partial charge on any atom is 0.0302 e. The molecule has 1 fully saturated rings. The van der Waals surface area contributed by atoms with Gasteiger partial charge in [-0.3, -0.25) is 0 Å². The molecule has 1 aliphatic rings. The summed E-state index contributed by atoms with van der Waals surface area (Å²) in [6.45, 7) is 6.73. The highest BCUT2D eigenvalue weighted by Crippen LogP contribution is 2.19. The third-order valence-electron chi connectivity index (χ3n) is 3.00. The fourth-order valence-corrected chi connectivity index (χ4v) is 2.86. The average molecular weight is 224 g/mol. The summed E-state index contributed by atoms with van der Waals surface area (Å²) in [6, 6.07) is 4.99. The maximum atomic E-state index is 3.65. The van der Waals surface area contributed by atoms with Gasteiger partial charge in [-0.2, -0.15) is 0 Å². The van der Waals surface area contributed by atoms with E-state index in [0.29, 0.717) is 11.6 Å². The summed E-state index contributed by atoms with van der Waals surface area (Å²) in [4.78, 5) is 1.44. The van der Waals surface area contributed by atoms with Crippen LogP contribution in [-0.4, -0.2) is 18.1 Å². The minimum Gasteiger partial charge on any atom is -0.312 e. The van der Waals surface area contributed by atoms with Crippen LogP contribution >= 0.6 is 11.3 Å². The molecule has 2 N–H and O–H groups in total. The van der Waals surface area contributed by atoms with Crippen LogP contribution in [0.25, 0.3) is 0 Å². The summed E-state index contributed by atoms with van der Waals surface area (Å²) in [5.74, 6) is 0. The van der Waals surface area contributed by atoms with Gasteiger partial charge in [-0.05, 0) is 44.7 Å². The molecule has 15 heavy (non-hydrogen) atoms. The zero-order valence-corrected chi connectivity index (χ0v) is 10.4. The predicted octanol–water partition coefficient (Wildman–Crippen LogP) is 2.37. The Bertz CT molecular complexity index is 293. The van der Waals surface area contributed by atoms with Crippen molar-refractivity contribution >= 4 is 11.3 Å². The minimum absolute atomic E-state index is 0.297. The van der Waals surface area contributed by atoms with E-state index in [-0.39, 0.29) is 0 Å². The van der Waals surface area contributed by atoms with E-state index in [0.717, 1.165) is 13.1 Å². The number of hydrogen-bond acceptors (Lipinski definition) is 3. The quantitative estimate of drug-likeness (QED) is 0.823. The largest absolute Gasteiger partial charge is 0.312 e. The smallest absolute Gasteiger partial charge is 0.0302 e. The van der Waals surface area contributed by atoms with E-state index in [1.54, 1.807) is 0 Å². The van der Waals surface area contributed by atoms with E-state index in [9.17, 15) is 0 Å². The molecule has 84 valence electrons. The monoisotopic (exact) mass is 224 g/mol. The SMILES string of the molecule is CC1(C)CC(NCc2cccs2)CCN1. The summed E-state index contributed by atoms with van der Waals surface area (Å²) < 4.78 is 0. The minimum atomic E-state index is 0.297. The van der Waals surface area contributed by atoms with Crippen LogP contribution in [-0.2, 0) is 6.54 Å². The van der Waals surface area contributed by atoms with Gasteiger partial charge >= 0.3 is 0 Å². The van der Waals surface area contributed by atoms with Crippen LogP contribution in [0.3, 0.4) is 0 Å². The molecule has 1 atom stereocenters. The lowest BCUT2D eigenvalue weighted by atomic mass is 9.89. The number of hydrogen-bond donors (Lipinski definition) is 2. The summed E-state index contributed by atoms with van der Waals surface area (Å²) in [5, 5.41) is 9.34. The maximum absolute atomic E-state index is 3.65. The van der Waals surface area contributed by atoms with Crippen LogP contribution in [0.2, 0.25) is 0 Å². The summed E-state index contributed by atoms with van der Waals surface area (Å²) in [7, 11) is 0. The second kappa shape index (κ2) is 4.64. The lowest BCUT2D eigenvalue weighted by Crippen LogP contribution is -2.51. The van der Waals surface area contributed by atoms with Gasteiger partial charge in [-0.25, -0.2) is 0 Å². The molecule has 1 saturated heterocycles. The van der Waals surface area contributed by atoms with E-state index < -0.39 is 0 Å². The van der Waals surface area contributed by atoms with Gasteiger partial charge < -0.3 is 10.6 Å². The third-order valence-corrected chi connectivity index (χ3v) is 3.87. The lowest BCUT2D eigenvalue weighted by Gasteiger charge is -2.36. The predicted molar refractivity (Wildman–Crippen MR) is 66.3 cm³/mol. The molecule has 0 radical (unpaired) electrons. The normalized spacial score (nSPS) is 25.3. The number of nitrogens with one attached hydrogen (secondary N) is 2. The van der Waals surface area contributed by atoms with E-state index in [4.69, 9.17) is 0 Å². The third kappa shape index (κ3) is 3.30. The van der Waals surface area contributed by atoms with Crippen LogP contribution in [0, 0.1) is 0 Å². The molecule has 0 spiro atoms. The Balaban J connectivity index is 1.80. The molecule has 0 bridgehead atoms. The molecule has 1 aromatic heterocycles. The van der Waals surface area contributed by atoms with Crippen LogP contribution < -0.4 is 10.6 Å². The van der Waals surface area contributed by atoms with Gasteiger partial charge in [0.15, 0.2) is 0 Å². The fraction of sp³-hybridized carbons (Fsp3) is 0.667. The Morgan fingerprint density at radius 1 is 1.60 bits per heavy atom. The number of rotatable bonds is 3. The topological polar surface area (TPSA) is 24.1 Å². The molecule has 3 heteroatoms. The van der Waals surface area contributed by atoms with Crippen molar-refractivity contribution in [2.75, 3.05) is 6.54 Å². The summed E-state index contributed by atoms with van der Waals surface area (Å²) >= 11 is 1.83. The van der Waals surface area contributed by atoms with E-state index in [1.165, 1.54) is 17.7 Å². The molecule has 1 aromatic rings. The van der Waals surface area contributed by atoms with Crippen LogP contribution in [0.4, 0.5) is 0 Å². The zero-order chi connectivity index (χ0) is 10.7. The zero-order valence-electron chi connectivity index (χ0n) is 9.55. The Labute approximate surface area is 96.1 Å². The first-order valence-electron chi connectivity index (χ1n) is 5.66. The van der Waals surface area contributed by atoms with Crippen LogP contribution in [0.15, 0.2) is 17.5 Å². The second-order valence-corrected chi connectivity index (χ2v) is 5.99. The molecule has 0 aromatic carbocycles. The van der Waals surface area contributed by atoms with E-state index in [1.807, 2.05) is 11.3 Å². The van der Waals surface area contributed by atoms with Gasteiger partial charge in [0.05, 0.1) is 0 Å². The van der Waals surface area contributed by atoms with Crippen molar-refractivity contribution in [2.45, 2.75) is 44.8 Å². The molecule has 2 nitrogen and oxygen atoms in total. The molecule has 1 unspecified atom stereocenters. The highest BCUT2D eigenvalue weighted by molar-refractivity contribution is 7.09. The number of thiophene rings is 1. The summed E-state index contributed by atoms with van der Waals surface area (Å²) in [6.07, 6.45) is 2.47. The van der Waals surface area contributed by atoms with Crippen molar-refractivity contribution in [3.63, 3.8) is 0 Å². The first kappa shape index (κ1) is 11.1.